The molecule has 0 aliphatic rings. The van der Waals surface area contributed by atoms with Crippen LogP contribution in [-0.4, -0.2) is 30.9 Å². The molecular formula is C9H12N6O. The van der Waals surface area contributed by atoms with Gasteiger partial charge in [0.2, 0.25) is 5.91 Å². The van der Waals surface area contributed by atoms with Crippen LogP contribution in [0.1, 0.15) is 18.8 Å². The number of nitrogens with zero attached hydrogens (tertiary/aromatic N) is 4. The Balaban J connectivity index is 1.89. The zero-order chi connectivity index (χ0) is 11.4. The molecule has 0 fully saturated rings. The van der Waals surface area contributed by atoms with Crippen molar-refractivity contribution in [3.05, 3.63) is 30.6 Å². The maximum absolute atomic E-state index is 11.7. The Hall–Kier alpha value is -2.18. The van der Waals surface area contributed by atoms with Crippen molar-refractivity contribution in [1.82, 2.24) is 30.3 Å². The van der Waals surface area contributed by atoms with Crippen LogP contribution in [0, 0.1) is 0 Å². The minimum atomic E-state index is -0.335. The van der Waals surface area contributed by atoms with E-state index in [-0.39, 0.29) is 11.9 Å². The van der Waals surface area contributed by atoms with Gasteiger partial charge in [-0.15, -0.1) is 0 Å². The molecule has 2 rings (SSSR count). The van der Waals surface area contributed by atoms with Gasteiger partial charge in [0.05, 0.1) is 6.54 Å². The maximum Gasteiger partial charge on any atom is 0.244 e. The molecule has 0 bridgehead atoms. The average molecular weight is 220 g/mol. The molecule has 0 spiro atoms. The summed E-state index contributed by atoms with van der Waals surface area (Å²) in [5.74, 6) is 0.515. The number of nitrogens with one attached hydrogen (secondary N) is 2. The molecule has 0 saturated heterocycles. The predicted molar refractivity (Wildman–Crippen MR) is 55.2 cm³/mol. The van der Waals surface area contributed by atoms with Crippen LogP contribution in [0.3, 0.4) is 0 Å². The van der Waals surface area contributed by atoms with E-state index in [2.05, 4.69) is 25.6 Å². The Morgan fingerprint density at radius 2 is 2.56 bits per heavy atom. The van der Waals surface area contributed by atoms with Crippen LogP contribution in [0.15, 0.2) is 24.8 Å². The van der Waals surface area contributed by atoms with Crippen LogP contribution in [-0.2, 0) is 11.3 Å². The average Bonchev–Trinajstić information content (AvgIpc) is 2.96. The van der Waals surface area contributed by atoms with E-state index in [0.29, 0.717) is 12.4 Å². The topological polar surface area (TPSA) is 88.5 Å². The van der Waals surface area contributed by atoms with Crippen LogP contribution in [0.2, 0.25) is 0 Å². The van der Waals surface area contributed by atoms with Gasteiger partial charge in [0, 0.05) is 12.4 Å². The number of hydrogen-bond acceptors (Lipinski definition) is 4. The van der Waals surface area contributed by atoms with Crippen molar-refractivity contribution in [3.8, 4) is 0 Å². The maximum atomic E-state index is 11.7. The molecule has 2 aromatic rings. The van der Waals surface area contributed by atoms with Gasteiger partial charge in [0.1, 0.15) is 18.2 Å². The SMILES string of the molecule is CC(C(=O)NCc1ncn[nH]1)n1cccn1. The van der Waals surface area contributed by atoms with Gasteiger partial charge in [-0.25, -0.2) is 4.98 Å². The first-order chi connectivity index (χ1) is 7.77. The van der Waals surface area contributed by atoms with Crippen LogP contribution < -0.4 is 5.32 Å². The van der Waals surface area contributed by atoms with E-state index < -0.39 is 0 Å². The fourth-order valence-electron chi connectivity index (χ4n) is 1.26. The van der Waals surface area contributed by atoms with E-state index in [4.69, 9.17) is 0 Å². The largest absolute Gasteiger partial charge is 0.347 e. The Morgan fingerprint density at radius 1 is 1.69 bits per heavy atom. The molecule has 2 N–H and O–H groups in total. The second kappa shape index (κ2) is 4.56. The van der Waals surface area contributed by atoms with E-state index in [1.54, 1.807) is 30.1 Å². The van der Waals surface area contributed by atoms with Crippen LogP contribution in [0.4, 0.5) is 0 Å². The third-order valence-corrected chi connectivity index (χ3v) is 2.20. The molecule has 2 heterocycles. The van der Waals surface area contributed by atoms with Crippen molar-refractivity contribution in [2.24, 2.45) is 0 Å². The smallest absolute Gasteiger partial charge is 0.244 e. The van der Waals surface area contributed by atoms with E-state index >= 15 is 0 Å². The molecule has 84 valence electrons. The number of rotatable bonds is 4. The Kier molecular flexibility index (Phi) is 2.95. The van der Waals surface area contributed by atoms with Crippen LogP contribution in [0.5, 0.6) is 0 Å². The lowest BCUT2D eigenvalue weighted by atomic mass is 10.3. The zero-order valence-electron chi connectivity index (χ0n) is 8.79. The summed E-state index contributed by atoms with van der Waals surface area (Å²) in [7, 11) is 0. The van der Waals surface area contributed by atoms with Crippen molar-refractivity contribution < 1.29 is 4.79 Å². The molecule has 2 aromatic heterocycles. The van der Waals surface area contributed by atoms with Crippen molar-refractivity contribution >= 4 is 5.91 Å². The van der Waals surface area contributed by atoms with Crippen LogP contribution >= 0.6 is 0 Å². The molecule has 1 amide bonds. The van der Waals surface area contributed by atoms with E-state index in [1.807, 2.05) is 0 Å². The summed E-state index contributed by atoms with van der Waals surface area (Å²) >= 11 is 0. The summed E-state index contributed by atoms with van der Waals surface area (Å²) in [6, 6.07) is 1.44. The van der Waals surface area contributed by atoms with Gasteiger partial charge in [0.15, 0.2) is 0 Å². The van der Waals surface area contributed by atoms with Crippen molar-refractivity contribution in [2.75, 3.05) is 0 Å². The third-order valence-electron chi connectivity index (χ3n) is 2.20. The van der Waals surface area contributed by atoms with Gasteiger partial charge in [-0.1, -0.05) is 0 Å². The fraction of sp³-hybridized carbons (Fsp3) is 0.333. The van der Waals surface area contributed by atoms with Crippen molar-refractivity contribution in [3.63, 3.8) is 0 Å². The minimum Gasteiger partial charge on any atom is -0.347 e. The summed E-state index contributed by atoms with van der Waals surface area (Å²) in [4.78, 5) is 15.6. The molecule has 7 nitrogen and oxygen atoms in total. The first-order valence-electron chi connectivity index (χ1n) is 4.88. The Bertz CT molecular complexity index is 435. The number of carbonyl (C=O) groups excluding carboxylic acids is 1. The van der Waals surface area contributed by atoms with Gasteiger partial charge >= 0.3 is 0 Å². The number of aromatic nitrogens is 5. The van der Waals surface area contributed by atoms with Gasteiger partial charge < -0.3 is 5.32 Å². The predicted octanol–water partition coefficient (Wildman–Crippen LogP) is -0.121. The fourth-order valence-corrected chi connectivity index (χ4v) is 1.26. The molecule has 0 radical (unpaired) electrons. The minimum absolute atomic E-state index is 0.111. The van der Waals surface area contributed by atoms with Crippen LogP contribution in [0.25, 0.3) is 0 Å². The number of amides is 1. The highest BCUT2D eigenvalue weighted by Crippen LogP contribution is 2.02. The zero-order valence-corrected chi connectivity index (χ0v) is 8.79. The summed E-state index contributed by atoms with van der Waals surface area (Å²) < 4.78 is 1.59. The first-order valence-corrected chi connectivity index (χ1v) is 4.88. The number of hydrogen-bond donors (Lipinski definition) is 2. The summed E-state index contributed by atoms with van der Waals surface area (Å²) in [6.07, 6.45) is 4.79. The second-order valence-electron chi connectivity index (χ2n) is 3.31. The molecule has 7 heteroatoms. The van der Waals surface area contributed by atoms with E-state index in [1.165, 1.54) is 6.33 Å². The summed E-state index contributed by atoms with van der Waals surface area (Å²) in [5.41, 5.74) is 0. The van der Waals surface area contributed by atoms with Gasteiger partial charge in [-0.05, 0) is 13.0 Å². The monoisotopic (exact) mass is 220 g/mol. The molecule has 1 unspecified atom stereocenters. The van der Waals surface area contributed by atoms with Gasteiger partial charge in [0.25, 0.3) is 0 Å². The number of aromatic amines is 1. The Labute approximate surface area is 91.9 Å². The Morgan fingerprint density at radius 3 is 3.19 bits per heavy atom. The molecule has 0 aliphatic heterocycles. The van der Waals surface area contributed by atoms with E-state index in [0.717, 1.165) is 0 Å². The molecule has 16 heavy (non-hydrogen) atoms. The molecule has 1 atom stereocenters. The normalized spacial score (nSPS) is 12.3. The standard InChI is InChI=1S/C9H12N6O/c1-7(15-4-2-3-13-15)9(16)10-5-8-11-6-12-14-8/h2-4,6-7H,5H2,1H3,(H,10,16)(H,11,12,14). The lowest BCUT2D eigenvalue weighted by molar-refractivity contribution is -0.124. The molecule has 0 aliphatic carbocycles. The van der Waals surface area contributed by atoms with Crippen molar-refractivity contribution in [2.45, 2.75) is 19.5 Å². The summed E-state index contributed by atoms with van der Waals surface area (Å²) in [6.45, 7) is 2.12. The highest BCUT2D eigenvalue weighted by atomic mass is 16.2. The first kappa shape index (κ1) is 10.3. The highest BCUT2D eigenvalue weighted by molar-refractivity contribution is 5.79. The van der Waals surface area contributed by atoms with E-state index in [9.17, 15) is 4.79 Å². The lowest BCUT2D eigenvalue weighted by Crippen LogP contribution is -2.31. The molecule has 0 saturated carbocycles. The second-order valence-corrected chi connectivity index (χ2v) is 3.31. The highest BCUT2D eigenvalue weighted by Gasteiger charge is 2.14. The summed E-state index contributed by atoms with van der Waals surface area (Å²) in [5, 5.41) is 13.1. The third kappa shape index (κ3) is 2.25. The number of H-pyrrole nitrogens is 1. The molecular weight excluding hydrogens is 208 g/mol. The van der Waals surface area contributed by atoms with Gasteiger partial charge in [-0.3, -0.25) is 14.6 Å². The molecule has 0 aromatic carbocycles. The number of carbonyl (C=O) groups is 1. The van der Waals surface area contributed by atoms with Crippen molar-refractivity contribution in [1.29, 1.82) is 0 Å². The quantitative estimate of drug-likeness (QED) is 0.751. The lowest BCUT2D eigenvalue weighted by Gasteiger charge is -2.11. The van der Waals surface area contributed by atoms with Gasteiger partial charge in [-0.2, -0.15) is 10.2 Å².